The normalized spacial score (nSPS) is 13.0. The molecule has 4 rings (SSSR count). The van der Waals surface area contributed by atoms with Crippen molar-refractivity contribution < 1.29 is 19.3 Å². The molecule has 0 saturated carbocycles. The molecule has 2 heterocycles. The highest BCUT2D eigenvalue weighted by atomic mass is 16.6. The van der Waals surface area contributed by atoms with Crippen molar-refractivity contribution in [2.75, 3.05) is 4.90 Å². The molecule has 9 nitrogen and oxygen atoms in total. The third-order valence-electron chi connectivity index (χ3n) is 4.17. The Bertz CT molecular complexity index is 1100. The second-order valence-corrected chi connectivity index (χ2v) is 5.74. The number of carbonyl (C=O) groups excluding carboxylic acids is 3. The minimum absolute atomic E-state index is 0.0855. The second kappa shape index (κ2) is 5.99. The van der Waals surface area contributed by atoms with Crippen LogP contribution in [0.25, 0.3) is 0 Å². The predicted molar refractivity (Wildman–Crippen MR) is 92.7 cm³/mol. The number of nitrogens with zero attached hydrogens (tertiary/aromatic N) is 3. The zero-order valence-corrected chi connectivity index (χ0v) is 13.6. The van der Waals surface area contributed by atoms with E-state index in [1.165, 1.54) is 24.3 Å². The quantitative estimate of drug-likeness (QED) is 0.328. The fourth-order valence-corrected chi connectivity index (χ4v) is 2.87. The molecule has 0 aliphatic carbocycles. The van der Waals surface area contributed by atoms with Crippen LogP contribution in [0.2, 0.25) is 0 Å². The number of amides is 2. The Labute approximate surface area is 151 Å². The molecular formula is C18H10N4O5. The van der Waals surface area contributed by atoms with Crippen LogP contribution in [0.3, 0.4) is 0 Å². The molecule has 2 aromatic carbocycles. The summed E-state index contributed by atoms with van der Waals surface area (Å²) >= 11 is 0. The van der Waals surface area contributed by atoms with Crippen LogP contribution >= 0.6 is 0 Å². The first-order valence-corrected chi connectivity index (χ1v) is 7.80. The molecule has 0 radical (unpaired) electrons. The van der Waals surface area contributed by atoms with Gasteiger partial charge in [-0.1, -0.05) is 30.3 Å². The fraction of sp³-hybridized carbons (Fsp3) is 0. The average molecular weight is 362 g/mol. The van der Waals surface area contributed by atoms with Gasteiger partial charge < -0.3 is 0 Å². The van der Waals surface area contributed by atoms with Crippen molar-refractivity contribution in [3.8, 4) is 0 Å². The summed E-state index contributed by atoms with van der Waals surface area (Å²) in [5.41, 5.74) is 0.000855. The lowest BCUT2D eigenvalue weighted by atomic mass is 10.0. The summed E-state index contributed by atoms with van der Waals surface area (Å²) in [6.07, 6.45) is 0. The van der Waals surface area contributed by atoms with Crippen molar-refractivity contribution in [1.82, 2.24) is 10.2 Å². The lowest BCUT2D eigenvalue weighted by Gasteiger charge is -2.13. The Balaban J connectivity index is 1.73. The highest BCUT2D eigenvalue weighted by molar-refractivity contribution is 6.36. The first kappa shape index (κ1) is 16.3. The number of aromatic amines is 1. The maximum Gasteiger partial charge on any atom is 0.284 e. The Morgan fingerprint density at radius 1 is 1.00 bits per heavy atom. The molecule has 9 heteroatoms. The Morgan fingerprint density at radius 3 is 2.30 bits per heavy atom. The van der Waals surface area contributed by atoms with Gasteiger partial charge in [-0.25, -0.2) is 4.90 Å². The number of imide groups is 1. The molecule has 1 N–H and O–H groups in total. The molecule has 132 valence electrons. The van der Waals surface area contributed by atoms with Crippen molar-refractivity contribution in [2.45, 2.75) is 0 Å². The summed E-state index contributed by atoms with van der Waals surface area (Å²) in [5.74, 6) is -1.87. The third-order valence-corrected chi connectivity index (χ3v) is 4.17. The van der Waals surface area contributed by atoms with Gasteiger partial charge in [-0.15, -0.1) is 0 Å². The molecule has 0 unspecified atom stereocenters. The van der Waals surface area contributed by atoms with E-state index in [1.54, 1.807) is 30.3 Å². The highest BCUT2D eigenvalue weighted by Crippen LogP contribution is 2.31. The van der Waals surface area contributed by atoms with Crippen molar-refractivity contribution in [3.63, 3.8) is 0 Å². The van der Waals surface area contributed by atoms with E-state index in [4.69, 9.17) is 0 Å². The van der Waals surface area contributed by atoms with Crippen LogP contribution in [0.15, 0.2) is 54.6 Å². The van der Waals surface area contributed by atoms with E-state index in [2.05, 4.69) is 10.2 Å². The van der Waals surface area contributed by atoms with Gasteiger partial charge >= 0.3 is 0 Å². The van der Waals surface area contributed by atoms with E-state index < -0.39 is 22.5 Å². The van der Waals surface area contributed by atoms with Gasteiger partial charge in [0.2, 0.25) is 5.78 Å². The van der Waals surface area contributed by atoms with Gasteiger partial charge in [-0.05, 0) is 12.1 Å². The third kappa shape index (κ3) is 2.49. The number of anilines is 1. The maximum atomic E-state index is 12.8. The summed E-state index contributed by atoms with van der Waals surface area (Å²) in [6, 6.07) is 13.2. The molecule has 1 aliphatic heterocycles. The molecule has 1 aliphatic rings. The van der Waals surface area contributed by atoms with E-state index >= 15 is 0 Å². The summed E-state index contributed by atoms with van der Waals surface area (Å²) in [7, 11) is 0. The maximum absolute atomic E-state index is 12.8. The van der Waals surface area contributed by atoms with Crippen LogP contribution in [0.5, 0.6) is 0 Å². The van der Waals surface area contributed by atoms with Gasteiger partial charge in [0, 0.05) is 17.7 Å². The summed E-state index contributed by atoms with van der Waals surface area (Å²) < 4.78 is 0. The number of benzene rings is 2. The number of hydrogen-bond acceptors (Lipinski definition) is 6. The van der Waals surface area contributed by atoms with Gasteiger partial charge in [-0.2, -0.15) is 5.10 Å². The lowest BCUT2D eigenvalue weighted by molar-refractivity contribution is -0.384. The van der Waals surface area contributed by atoms with Crippen molar-refractivity contribution in [3.05, 3.63) is 87.2 Å². The standard InChI is InChI=1S/C18H10N4O5/c23-16(10-4-2-1-3-5-10)14-13-15(20-19-14)18(25)21(17(13)24)11-6-8-12(9-7-11)22(26)27/h1-9H,(H,19,20). The monoisotopic (exact) mass is 362 g/mol. The number of nitro benzene ring substituents is 1. The largest absolute Gasteiger partial charge is 0.287 e. The zero-order valence-electron chi connectivity index (χ0n) is 13.6. The number of nitro groups is 1. The number of hydrogen-bond donors (Lipinski definition) is 1. The van der Waals surface area contributed by atoms with E-state index in [-0.39, 0.29) is 28.3 Å². The van der Waals surface area contributed by atoms with Crippen LogP contribution in [0.1, 0.15) is 36.9 Å². The summed E-state index contributed by atoms with van der Waals surface area (Å²) in [5, 5.41) is 17.1. The number of carbonyl (C=O) groups is 3. The molecule has 3 aromatic rings. The topological polar surface area (TPSA) is 126 Å². The zero-order chi connectivity index (χ0) is 19.1. The van der Waals surface area contributed by atoms with Crippen LogP contribution in [0.4, 0.5) is 11.4 Å². The SMILES string of the molecule is O=C(c1ccccc1)c1n[nH]c2c1C(=O)N(c1ccc([N+](=O)[O-])cc1)C2=O. The molecule has 1 aromatic heterocycles. The molecule has 0 saturated heterocycles. The number of non-ortho nitro benzene ring substituents is 1. The van der Waals surface area contributed by atoms with Gasteiger partial charge in [0.25, 0.3) is 17.5 Å². The first-order valence-electron chi connectivity index (χ1n) is 7.80. The van der Waals surface area contributed by atoms with Crippen molar-refractivity contribution in [1.29, 1.82) is 0 Å². The summed E-state index contributed by atoms with van der Waals surface area (Å²) in [4.78, 5) is 49.1. The van der Waals surface area contributed by atoms with Crippen LogP contribution in [-0.4, -0.2) is 32.7 Å². The molecule has 0 bridgehead atoms. The van der Waals surface area contributed by atoms with E-state index in [1.807, 2.05) is 0 Å². The van der Waals surface area contributed by atoms with Crippen molar-refractivity contribution in [2.24, 2.45) is 0 Å². The molecular weight excluding hydrogens is 352 g/mol. The fourth-order valence-electron chi connectivity index (χ4n) is 2.87. The van der Waals surface area contributed by atoms with Crippen molar-refractivity contribution >= 4 is 29.0 Å². The Morgan fingerprint density at radius 2 is 1.67 bits per heavy atom. The van der Waals surface area contributed by atoms with Crippen LogP contribution in [-0.2, 0) is 0 Å². The highest BCUT2D eigenvalue weighted by Gasteiger charge is 2.42. The van der Waals surface area contributed by atoms with Gasteiger partial charge in [0.05, 0.1) is 10.6 Å². The lowest BCUT2D eigenvalue weighted by Crippen LogP contribution is -2.30. The number of aromatic nitrogens is 2. The molecule has 0 spiro atoms. The smallest absolute Gasteiger partial charge is 0.284 e. The first-order chi connectivity index (χ1) is 13.0. The minimum Gasteiger partial charge on any atom is -0.287 e. The molecule has 0 fully saturated rings. The van der Waals surface area contributed by atoms with Gasteiger partial charge in [0.1, 0.15) is 17.0 Å². The van der Waals surface area contributed by atoms with Crippen LogP contribution < -0.4 is 4.90 Å². The van der Waals surface area contributed by atoms with Crippen LogP contribution in [0, 0.1) is 10.1 Å². The molecule has 2 amide bonds. The number of nitrogens with one attached hydrogen (secondary N) is 1. The predicted octanol–water partition coefficient (Wildman–Crippen LogP) is 2.35. The number of ketones is 1. The van der Waals surface area contributed by atoms with E-state index in [0.717, 1.165) is 4.90 Å². The Kier molecular flexibility index (Phi) is 3.62. The molecule has 27 heavy (non-hydrogen) atoms. The van der Waals surface area contributed by atoms with E-state index in [0.29, 0.717) is 5.56 Å². The number of H-pyrrole nitrogens is 1. The second-order valence-electron chi connectivity index (χ2n) is 5.74. The summed E-state index contributed by atoms with van der Waals surface area (Å²) in [6.45, 7) is 0. The minimum atomic E-state index is -0.711. The number of rotatable bonds is 4. The Hall–Kier alpha value is -4.14. The van der Waals surface area contributed by atoms with E-state index in [9.17, 15) is 24.5 Å². The average Bonchev–Trinajstić information content (AvgIpc) is 3.22. The van der Waals surface area contributed by atoms with Gasteiger partial charge in [-0.3, -0.25) is 29.6 Å². The molecule has 0 atom stereocenters. The van der Waals surface area contributed by atoms with Gasteiger partial charge in [0.15, 0.2) is 0 Å². The number of fused-ring (bicyclic) bond motifs is 1.